The number of fused-ring (bicyclic) bond motifs is 1. The van der Waals surface area contributed by atoms with Crippen LogP contribution in [0.4, 0.5) is 5.69 Å². The molecule has 5 rings (SSSR count). The van der Waals surface area contributed by atoms with E-state index in [0.29, 0.717) is 18.7 Å². The maximum Gasteiger partial charge on any atom is 0.219 e. The molecule has 5 heteroatoms. The summed E-state index contributed by atoms with van der Waals surface area (Å²) in [5.74, 6) is 1.53. The molecular weight excluding hydrogens is 326 g/mol. The minimum atomic E-state index is 0.642. The smallest absolute Gasteiger partial charge is 0.219 e. The van der Waals surface area contributed by atoms with Gasteiger partial charge < -0.3 is 14.4 Å². The topological polar surface area (TPSA) is 37.8 Å². The molecular formula is C21H25N3O2. The fraction of sp³-hybridized carbons (Fsp3) is 0.476. The van der Waals surface area contributed by atoms with E-state index in [1.54, 1.807) is 0 Å². The molecule has 136 valence electrons. The normalized spacial score (nSPS) is 22.8. The number of anilines is 1. The number of hydrogen-bond donors (Lipinski definition) is 0. The van der Waals surface area contributed by atoms with Crippen LogP contribution >= 0.6 is 0 Å². The Labute approximate surface area is 154 Å². The number of ether oxygens (including phenoxy) is 2. The van der Waals surface area contributed by atoms with E-state index in [1.165, 1.54) is 43.5 Å². The highest BCUT2D eigenvalue weighted by atomic mass is 16.5. The zero-order chi connectivity index (χ0) is 17.3. The van der Waals surface area contributed by atoms with Crippen LogP contribution in [-0.4, -0.2) is 48.9 Å². The lowest BCUT2D eigenvalue weighted by Crippen LogP contribution is -2.33. The van der Waals surface area contributed by atoms with Crippen molar-refractivity contribution in [1.29, 1.82) is 0 Å². The van der Waals surface area contributed by atoms with E-state index in [0.717, 1.165) is 31.0 Å². The summed E-state index contributed by atoms with van der Waals surface area (Å²) in [6.07, 6.45) is 6.90. The predicted octanol–water partition coefficient (Wildman–Crippen LogP) is 3.23. The van der Waals surface area contributed by atoms with E-state index in [9.17, 15) is 0 Å². The number of likely N-dealkylation sites (tertiary alicyclic amines) is 1. The van der Waals surface area contributed by atoms with Gasteiger partial charge in [-0.2, -0.15) is 0 Å². The standard InChI is InChI=1S/C21H25N3O2/c1-2-8-23(7-1)19-11-16-3-5-20(13-17(16)12-19)26-21-6-4-18(14-22-21)24-9-10-25-15-24/h3-6,13-14,19H,1-2,7-12,15H2. The van der Waals surface area contributed by atoms with E-state index in [4.69, 9.17) is 9.47 Å². The Morgan fingerprint density at radius 3 is 2.65 bits per heavy atom. The Morgan fingerprint density at radius 2 is 1.88 bits per heavy atom. The molecule has 0 saturated carbocycles. The van der Waals surface area contributed by atoms with Gasteiger partial charge in [0.25, 0.3) is 0 Å². The molecule has 2 aromatic rings. The molecule has 1 unspecified atom stereocenters. The molecule has 26 heavy (non-hydrogen) atoms. The maximum absolute atomic E-state index is 6.01. The number of pyridine rings is 1. The third-order valence-electron chi connectivity index (χ3n) is 5.81. The van der Waals surface area contributed by atoms with Crippen LogP contribution in [0.1, 0.15) is 24.0 Å². The monoisotopic (exact) mass is 351 g/mol. The first kappa shape index (κ1) is 16.1. The average molecular weight is 351 g/mol. The molecule has 2 fully saturated rings. The van der Waals surface area contributed by atoms with Crippen molar-refractivity contribution in [2.24, 2.45) is 0 Å². The van der Waals surface area contributed by atoms with Crippen LogP contribution in [0.5, 0.6) is 11.6 Å². The van der Waals surface area contributed by atoms with Crippen LogP contribution < -0.4 is 9.64 Å². The third-order valence-corrected chi connectivity index (χ3v) is 5.81. The van der Waals surface area contributed by atoms with Crippen molar-refractivity contribution in [1.82, 2.24) is 9.88 Å². The number of hydrogen-bond acceptors (Lipinski definition) is 5. The van der Waals surface area contributed by atoms with Crippen LogP contribution in [0.15, 0.2) is 36.5 Å². The summed E-state index contributed by atoms with van der Waals surface area (Å²) < 4.78 is 11.4. The van der Waals surface area contributed by atoms with Crippen LogP contribution in [-0.2, 0) is 17.6 Å². The lowest BCUT2D eigenvalue weighted by Gasteiger charge is -2.22. The molecule has 2 saturated heterocycles. The highest BCUT2D eigenvalue weighted by molar-refractivity contribution is 5.46. The molecule has 1 aliphatic carbocycles. The molecule has 0 spiro atoms. The summed E-state index contributed by atoms with van der Waals surface area (Å²) in [7, 11) is 0. The number of rotatable bonds is 4. The first-order valence-corrected chi connectivity index (χ1v) is 9.68. The van der Waals surface area contributed by atoms with Crippen molar-refractivity contribution in [3.63, 3.8) is 0 Å². The van der Waals surface area contributed by atoms with Crippen molar-refractivity contribution in [3.05, 3.63) is 47.7 Å². The van der Waals surface area contributed by atoms with E-state index in [1.807, 2.05) is 18.3 Å². The second-order valence-corrected chi connectivity index (χ2v) is 7.49. The first-order chi connectivity index (χ1) is 12.8. The molecule has 0 bridgehead atoms. The predicted molar refractivity (Wildman–Crippen MR) is 101 cm³/mol. The molecule has 2 aliphatic heterocycles. The minimum Gasteiger partial charge on any atom is -0.439 e. The van der Waals surface area contributed by atoms with Gasteiger partial charge in [0.2, 0.25) is 5.88 Å². The van der Waals surface area contributed by atoms with Crippen molar-refractivity contribution >= 4 is 5.69 Å². The molecule has 3 heterocycles. The van der Waals surface area contributed by atoms with E-state index >= 15 is 0 Å². The van der Waals surface area contributed by atoms with Gasteiger partial charge in [0.05, 0.1) is 18.5 Å². The average Bonchev–Trinajstić information content (AvgIpc) is 3.42. The van der Waals surface area contributed by atoms with Gasteiger partial charge >= 0.3 is 0 Å². The second-order valence-electron chi connectivity index (χ2n) is 7.49. The largest absolute Gasteiger partial charge is 0.439 e. The van der Waals surface area contributed by atoms with Crippen LogP contribution in [0, 0.1) is 0 Å². The molecule has 1 atom stereocenters. The molecule has 5 nitrogen and oxygen atoms in total. The van der Waals surface area contributed by atoms with Crippen LogP contribution in [0.25, 0.3) is 0 Å². The molecule has 0 amide bonds. The Bertz CT molecular complexity index is 765. The van der Waals surface area contributed by atoms with Gasteiger partial charge in [0.15, 0.2) is 0 Å². The first-order valence-electron chi connectivity index (χ1n) is 9.68. The number of aromatic nitrogens is 1. The lowest BCUT2D eigenvalue weighted by atomic mass is 10.1. The van der Waals surface area contributed by atoms with Gasteiger partial charge in [0, 0.05) is 18.7 Å². The summed E-state index contributed by atoms with van der Waals surface area (Å²) in [6.45, 7) is 4.88. The molecule has 0 radical (unpaired) electrons. The van der Waals surface area contributed by atoms with Crippen LogP contribution in [0.3, 0.4) is 0 Å². The van der Waals surface area contributed by atoms with E-state index < -0.39 is 0 Å². The van der Waals surface area contributed by atoms with Crippen molar-refractivity contribution in [3.8, 4) is 11.6 Å². The highest BCUT2D eigenvalue weighted by Gasteiger charge is 2.28. The summed E-state index contributed by atoms with van der Waals surface area (Å²) in [5.41, 5.74) is 3.99. The summed E-state index contributed by atoms with van der Waals surface area (Å²) in [6, 6.07) is 11.2. The SMILES string of the molecule is c1cc2c(cc1Oc1ccc(N3CCOC3)cn1)CC(N1CCCC1)C2. The molecule has 3 aliphatic rings. The second kappa shape index (κ2) is 6.89. The van der Waals surface area contributed by atoms with E-state index in [-0.39, 0.29) is 0 Å². The Morgan fingerprint density at radius 1 is 1.00 bits per heavy atom. The van der Waals surface area contributed by atoms with Gasteiger partial charge in [-0.15, -0.1) is 0 Å². The zero-order valence-corrected chi connectivity index (χ0v) is 15.1. The van der Waals surface area contributed by atoms with Gasteiger partial charge in [-0.3, -0.25) is 4.90 Å². The van der Waals surface area contributed by atoms with Crippen molar-refractivity contribution in [2.45, 2.75) is 31.7 Å². The van der Waals surface area contributed by atoms with Gasteiger partial charge in [-0.1, -0.05) is 6.07 Å². The van der Waals surface area contributed by atoms with E-state index in [2.05, 4.69) is 33.0 Å². The quantitative estimate of drug-likeness (QED) is 0.845. The Balaban J connectivity index is 1.26. The minimum absolute atomic E-state index is 0.642. The molecule has 1 aromatic carbocycles. The van der Waals surface area contributed by atoms with Gasteiger partial charge in [0.1, 0.15) is 12.5 Å². The zero-order valence-electron chi connectivity index (χ0n) is 15.1. The van der Waals surface area contributed by atoms with Crippen LogP contribution in [0.2, 0.25) is 0 Å². The molecule has 1 aromatic heterocycles. The Hall–Kier alpha value is -2.11. The third kappa shape index (κ3) is 3.17. The van der Waals surface area contributed by atoms with Gasteiger partial charge in [-0.25, -0.2) is 4.98 Å². The summed E-state index contributed by atoms with van der Waals surface area (Å²) in [5, 5.41) is 0. The molecule has 0 N–H and O–H groups in total. The fourth-order valence-electron chi connectivity index (χ4n) is 4.36. The fourth-order valence-corrected chi connectivity index (χ4v) is 4.36. The highest BCUT2D eigenvalue weighted by Crippen LogP contribution is 2.32. The van der Waals surface area contributed by atoms with Crippen molar-refractivity contribution < 1.29 is 9.47 Å². The van der Waals surface area contributed by atoms with Gasteiger partial charge in [-0.05, 0) is 68.1 Å². The maximum atomic E-state index is 6.01. The Kier molecular flexibility index (Phi) is 4.27. The van der Waals surface area contributed by atoms with Crippen molar-refractivity contribution in [2.75, 3.05) is 37.9 Å². The number of benzene rings is 1. The lowest BCUT2D eigenvalue weighted by molar-refractivity contribution is 0.201. The number of nitrogens with zero attached hydrogens (tertiary/aromatic N) is 3. The summed E-state index contributed by atoms with van der Waals surface area (Å²) >= 11 is 0. The summed E-state index contributed by atoms with van der Waals surface area (Å²) in [4.78, 5) is 9.29.